The number of nitrogens with two attached hydrogens (primary N) is 3. The van der Waals surface area contributed by atoms with E-state index in [4.69, 9.17) is 59.8 Å². The maximum absolute atomic E-state index is 15.4. The summed E-state index contributed by atoms with van der Waals surface area (Å²) in [5.41, 5.74) is 20.9. The highest BCUT2D eigenvalue weighted by molar-refractivity contribution is 9.10. The van der Waals surface area contributed by atoms with Gasteiger partial charge in [-0.25, -0.2) is 38.1 Å². The highest BCUT2D eigenvalue weighted by Gasteiger charge is 2.49. The van der Waals surface area contributed by atoms with E-state index in [2.05, 4.69) is 64.6 Å². The second-order valence-corrected chi connectivity index (χ2v) is 25.0. The number of nitrogens with zero attached hydrogens (tertiary/aromatic N) is 5. The van der Waals surface area contributed by atoms with Crippen LogP contribution in [0.5, 0.6) is 40.2 Å². The zero-order chi connectivity index (χ0) is 65.3. The Hall–Kier alpha value is -10.2. The molecule has 94 heavy (non-hydrogen) atoms. The molecule has 0 saturated carbocycles. The van der Waals surface area contributed by atoms with Crippen molar-refractivity contribution in [3.05, 3.63) is 206 Å². The molecule has 16 rings (SSSR count). The Labute approximate surface area is 544 Å². The maximum atomic E-state index is 15.4. The standard InChI is InChI=1S/2C27H21F2N3O3.C17H14BrFN2O3/c2*1-26(14-33-15-26)7-6-16-11-20-23(21(28)12-16)35-22-5-4-17(18-3-2-9-31-24(18)29)13-19(22)27(20)8-10-34-25(30)32-27;1-22-10-7-12-15(13(19)8-10)24-14-3-2-9(18)6-11(14)17(12)4-5-23-16(20)21-17/h2*2-5,9,11-13H,8,10,14-15H2,1H3,(H2,30,32);2-3,6-8H,4-5H2,1H3,(H2,20,21)/t2*27-;/m10./s1. The number of halogens is 6. The molecule has 0 radical (unpaired) electrons. The van der Waals surface area contributed by atoms with Crippen molar-refractivity contribution in [1.82, 2.24) is 9.97 Å². The van der Waals surface area contributed by atoms with Gasteiger partial charge in [0.15, 0.2) is 34.7 Å². The second kappa shape index (κ2) is 23.7. The molecule has 3 spiro atoms. The summed E-state index contributed by atoms with van der Waals surface area (Å²) < 4.78 is 125. The van der Waals surface area contributed by atoms with E-state index >= 15 is 8.78 Å². The molecule has 3 atom stereocenters. The van der Waals surface area contributed by atoms with Crippen LogP contribution in [0.15, 0.2) is 147 Å². The predicted octanol–water partition coefficient (Wildman–Crippen LogP) is 12.7. The highest BCUT2D eigenvalue weighted by atomic mass is 79.9. The quantitative estimate of drug-likeness (QED) is 0.0850. The summed E-state index contributed by atoms with van der Waals surface area (Å²) in [5.74, 6) is 11.8. The molecule has 8 aliphatic rings. The number of rotatable bonds is 3. The van der Waals surface area contributed by atoms with E-state index < -0.39 is 46.0 Å². The number of hydrogen-bond donors (Lipinski definition) is 3. The monoisotopic (exact) mass is 1340 g/mol. The average molecular weight is 1340 g/mol. The molecular weight excluding hydrogens is 1280 g/mol. The first-order valence-corrected chi connectivity index (χ1v) is 30.6. The van der Waals surface area contributed by atoms with Crippen LogP contribution < -0.4 is 36.1 Å². The van der Waals surface area contributed by atoms with Crippen LogP contribution >= 0.6 is 15.9 Å². The summed E-state index contributed by atoms with van der Waals surface area (Å²) >= 11 is 3.47. The molecule has 17 nitrogen and oxygen atoms in total. The number of ether oxygens (including phenoxy) is 9. The van der Waals surface area contributed by atoms with Crippen LogP contribution in [0.1, 0.15) is 77.6 Å². The topological polar surface area (TPSA) is 224 Å². The van der Waals surface area contributed by atoms with Crippen LogP contribution in [-0.2, 0) is 40.3 Å². The summed E-state index contributed by atoms with van der Waals surface area (Å²) in [6.45, 7) is 7.08. The van der Waals surface area contributed by atoms with Crippen molar-refractivity contribution < 1.29 is 64.6 Å². The van der Waals surface area contributed by atoms with Crippen molar-refractivity contribution >= 4 is 34.0 Å². The van der Waals surface area contributed by atoms with Gasteiger partial charge in [-0.3, -0.25) is 0 Å². The van der Waals surface area contributed by atoms with Crippen molar-refractivity contribution in [2.45, 2.75) is 49.7 Å². The molecule has 8 aromatic rings. The lowest BCUT2D eigenvalue weighted by Gasteiger charge is -2.39. The van der Waals surface area contributed by atoms with Gasteiger partial charge in [-0.15, -0.1) is 0 Å². The van der Waals surface area contributed by atoms with Crippen LogP contribution in [0.2, 0.25) is 0 Å². The minimum atomic E-state index is -1.08. The van der Waals surface area contributed by atoms with Crippen molar-refractivity contribution in [2.24, 2.45) is 43.0 Å². The summed E-state index contributed by atoms with van der Waals surface area (Å²) in [5, 5.41) is 0. The van der Waals surface area contributed by atoms with Crippen LogP contribution in [0, 0.1) is 63.9 Å². The van der Waals surface area contributed by atoms with Crippen LogP contribution in [-0.4, -0.2) is 81.4 Å². The number of hydrogen-bond acceptors (Lipinski definition) is 17. The Balaban J connectivity index is 0.000000124. The molecule has 0 amide bonds. The third-order valence-corrected chi connectivity index (χ3v) is 17.9. The van der Waals surface area contributed by atoms with Crippen molar-refractivity contribution in [1.29, 1.82) is 0 Å². The lowest BCUT2D eigenvalue weighted by atomic mass is 9.76. The van der Waals surface area contributed by atoms with E-state index in [9.17, 15) is 13.2 Å². The van der Waals surface area contributed by atoms with E-state index in [1.165, 1.54) is 37.7 Å². The number of benzene rings is 6. The Bertz CT molecular complexity index is 4470. The molecular formula is C71H56BrF5N8O9. The van der Waals surface area contributed by atoms with Crippen LogP contribution in [0.3, 0.4) is 0 Å². The van der Waals surface area contributed by atoms with Gasteiger partial charge in [-0.2, -0.15) is 8.78 Å². The minimum Gasteiger partial charge on any atom is -0.497 e. The first kappa shape index (κ1) is 61.3. The SMILES string of the molecule is CC1(C#Cc2cc(F)c3c(c2)[C@@]2(CCOC(N)=N2)c2cc(-c4cccnc4F)ccc2O3)COC1.CC1(C#Cc2cc(F)c3c(c2)[C@]2(CCOC(N)=N2)c2cc(-c4cccnc4F)ccc2O3)COC1.COc1cc(F)c2c(c1)C1(CCOC(N)=N1)c1cc(Br)ccc1O2. The molecule has 8 aliphatic heterocycles. The average Bonchev–Trinajstić information content (AvgIpc) is 0.733. The van der Waals surface area contributed by atoms with Crippen LogP contribution in [0.4, 0.5) is 22.0 Å². The molecule has 10 heterocycles. The van der Waals surface area contributed by atoms with Crippen molar-refractivity contribution in [2.75, 3.05) is 53.4 Å². The lowest BCUT2D eigenvalue weighted by Crippen LogP contribution is -2.39. The second-order valence-electron chi connectivity index (χ2n) is 24.0. The highest BCUT2D eigenvalue weighted by Crippen LogP contribution is 2.57. The van der Waals surface area contributed by atoms with E-state index in [1.54, 1.807) is 84.9 Å². The number of aromatic nitrogens is 2. The molecule has 476 valence electrons. The van der Waals surface area contributed by atoms with Gasteiger partial charge >= 0.3 is 0 Å². The first-order chi connectivity index (χ1) is 45.3. The van der Waals surface area contributed by atoms with Gasteiger partial charge in [0.1, 0.15) is 39.6 Å². The summed E-state index contributed by atoms with van der Waals surface area (Å²) in [4.78, 5) is 21.4. The Morgan fingerprint density at radius 3 is 1.26 bits per heavy atom. The van der Waals surface area contributed by atoms with Gasteiger partial charge in [0.25, 0.3) is 18.1 Å². The Morgan fingerprint density at radius 2 is 0.872 bits per heavy atom. The zero-order valence-corrected chi connectivity index (χ0v) is 52.2. The number of fused-ring (bicyclic) bond motifs is 12. The summed E-state index contributed by atoms with van der Waals surface area (Å²) in [6.07, 6.45) is 4.07. The Morgan fingerprint density at radius 1 is 0.479 bits per heavy atom. The molecule has 6 N–H and O–H groups in total. The first-order valence-electron chi connectivity index (χ1n) is 29.8. The third kappa shape index (κ3) is 11.0. The molecule has 1 unspecified atom stereocenters. The van der Waals surface area contributed by atoms with Crippen LogP contribution in [0.25, 0.3) is 22.3 Å². The normalized spacial score (nSPS) is 21.3. The van der Waals surface area contributed by atoms with E-state index in [1.807, 2.05) is 26.0 Å². The fourth-order valence-electron chi connectivity index (χ4n) is 12.7. The summed E-state index contributed by atoms with van der Waals surface area (Å²) in [6, 6.07) is 31.9. The molecule has 2 saturated heterocycles. The number of pyridine rings is 2. The van der Waals surface area contributed by atoms with Gasteiger partial charge < -0.3 is 59.8 Å². The predicted molar refractivity (Wildman–Crippen MR) is 340 cm³/mol. The molecule has 6 aromatic carbocycles. The van der Waals surface area contributed by atoms with Crippen molar-refractivity contribution in [3.8, 4) is 86.2 Å². The van der Waals surface area contributed by atoms with Crippen molar-refractivity contribution in [3.63, 3.8) is 0 Å². The van der Waals surface area contributed by atoms with Gasteiger partial charge in [0, 0.05) is 97.8 Å². The smallest absolute Gasteiger partial charge is 0.283 e. The van der Waals surface area contributed by atoms with E-state index in [-0.39, 0.29) is 59.4 Å². The molecule has 2 aromatic heterocycles. The fraction of sp³-hybridized carbons (Fsp3) is 0.254. The third-order valence-electron chi connectivity index (χ3n) is 17.4. The van der Waals surface area contributed by atoms with E-state index in [0.29, 0.717) is 136 Å². The fourth-order valence-corrected chi connectivity index (χ4v) is 13.0. The lowest BCUT2D eigenvalue weighted by molar-refractivity contribution is -0.0648. The minimum absolute atomic E-state index is 0.0102. The summed E-state index contributed by atoms with van der Waals surface area (Å²) in [7, 11) is 1.49. The number of amidine groups is 3. The molecule has 0 bridgehead atoms. The Kier molecular flexibility index (Phi) is 15.5. The molecule has 2 fully saturated rings. The van der Waals surface area contributed by atoms with E-state index in [0.717, 1.165) is 10.0 Å². The number of aliphatic imine (C=N–C) groups is 3. The van der Waals surface area contributed by atoms with Gasteiger partial charge in [0.2, 0.25) is 11.9 Å². The molecule has 0 aliphatic carbocycles. The van der Waals surface area contributed by atoms with Gasteiger partial charge in [-0.1, -0.05) is 51.7 Å². The van der Waals surface area contributed by atoms with Gasteiger partial charge in [-0.05, 0) is 122 Å². The largest absolute Gasteiger partial charge is 0.497 e. The zero-order valence-electron chi connectivity index (χ0n) is 50.6. The number of methoxy groups -OCH3 is 1. The molecule has 23 heteroatoms. The van der Waals surface area contributed by atoms with Gasteiger partial charge in [0.05, 0.1) is 64.2 Å². The maximum Gasteiger partial charge on any atom is 0.283 e.